The highest BCUT2D eigenvalue weighted by molar-refractivity contribution is 5.89. The normalized spacial score (nSPS) is 12.3. The van der Waals surface area contributed by atoms with Gasteiger partial charge in [-0.3, -0.25) is 0 Å². The SMILES string of the molecule is C=CCCCOc1c([C@@H](C)O)ccc2ccccc12. The first-order valence-corrected chi connectivity index (χ1v) is 6.67. The predicted molar refractivity (Wildman–Crippen MR) is 79.5 cm³/mol. The number of allylic oxidation sites excluding steroid dienone is 1. The van der Waals surface area contributed by atoms with Crippen LogP contribution in [0.2, 0.25) is 0 Å². The highest BCUT2D eigenvalue weighted by Gasteiger charge is 2.12. The fourth-order valence-corrected chi connectivity index (χ4v) is 2.15. The second-order valence-electron chi connectivity index (χ2n) is 4.66. The molecule has 2 nitrogen and oxygen atoms in total. The van der Waals surface area contributed by atoms with Gasteiger partial charge in [0.05, 0.1) is 12.7 Å². The minimum atomic E-state index is -0.529. The van der Waals surface area contributed by atoms with Gasteiger partial charge in [0.2, 0.25) is 0 Å². The molecule has 0 unspecified atom stereocenters. The highest BCUT2D eigenvalue weighted by atomic mass is 16.5. The van der Waals surface area contributed by atoms with Gasteiger partial charge in [0.15, 0.2) is 0 Å². The lowest BCUT2D eigenvalue weighted by Crippen LogP contribution is -2.03. The molecular formula is C17H20O2. The Morgan fingerprint density at radius 1 is 1.26 bits per heavy atom. The number of aliphatic hydroxyl groups excluding tert-OH is 1. The van der Waals surface area contributed by atoms with Crippen molar-refractivity contribution < 1.29 is 9.84 Å². The summed E-state index contributed by atoms with van der Waals surface area (Å²) in [6.07, 6.45) is 3.24. The van der Waals surface area contributed by atoms with Crippen LogP contribution in [0.5, 0.6) is 5.75 Å². The maximum absolute atomic E-state index is 9.87. The highest BCUT2D eigenvalue weighted by Crippen LogP contribution is 2.33. The van der Waals surface area contributed by atoms with E-state index in [2.05, 4.69) is 12.6 Å². The molecule has 0 heterocycles. The largest absolute Gasteiger partial charge is 0.493 e. The van der Waals surface area contributed by atoms with Crippen LogP contribution in [0.25, 0.3) is 10.8 Å². The van der Waals surface area contributed by atoms with Crippen molar-refractivity contribution in [2.24, 2.45) is 0 Å². The summed E-state index contributed by atoms with van der Waals surface area (Å²) in [7, 11) is 0. The van der Waals surface area contributed by atoms with Gasteiger partial charge in [0.1, 0.15) is 5.75 Å². The van der Waals surface area contributed by atoms with E-state index in [-0.39, 0.29) is 0 Å². The molecule has 0 aromatic heterocycles. The summed E-state index contributed by atoms with van der Waals surface area (Å²) in [5, 5.41) is 12.1. The Morgan fingerprint density at radius 2 is 2.05 bits per heavy atom. The average molecular weight is 256 g/mol. The number of hydrogen-bond donors (Lipinski definition) is 1. The number of hydrogen-bond acceptors (Lipinski definition) is 2. The first-order chi connectivity index (χ1) is 9.24. The molecule has 0 radical (unpaired) electrons. The number of rotatable bonds is 6. The van der Waals surface area contributed by atoms with Gasteiger partial charge < -0.3 is 9.84 Å². The molecule has 1 N–H and O–H groups in total. The van der Waals surface area contributed by atoms with Crippen LogP contribution >= 0.6 is 0 Å². The van der Waals surface area contributed by atoms with E-state index in [1.54, 1.807) is 6.92 Å². The molecule has 2 heteroatoms. The maximum Gasteiger partial charge on any atom is 0.132 e. The van der Waals surface area contributed by atoms with Gasteiger partial charge >= 0.3 is 0 Å². The fourth-order valence-electron chi connectivity index (χ4n) is 2.15. The summed E-state index contributed by atoms with van der Waals surface area (Å²) >= 11 is 0. The molecule has 0 saturated heterocycles. The molecule has 2 aromatic rings. The van der Waals surface area contributed by atoms with Crippen LogP contribution < -0.4 is 4.74 Å². The predicted octanol–water partition coefficient (Wildman–Crippen LogP) is 4.24. The van der Waals surface area contributed by atoms with E-state index < -0.39 is 6.10 Å². The van der Waals surface area contributed by atoms with Crippen LogP contribution in [0.4, 0.5) is 0 Å². The van der Waals surface area contributed by atoms with Crippen LogP contribution in [-0.2, 0) is 0 Å². The lowest BCUT2D eigenvalue weighted by molar-refractivity contribution is 0.191. The van der Waals surface area contributed by atoms with Gasteiger partial charge in [-0.15, -0.1) is 6.58 Å². The monoisotopic (exact) mass is 256 g/mol. The van der Waals surface area contributed by atoms with E-state index in [0.29, 0.717) is 6.61 Å². The minimum Gasteiger partial charge on any atom is -0.493 e. The van der Waals surface area contributed by atoms with Crippen molar-refractivity contribution in [3.8, 4) is 5.75 Å². The molecule has 0 saturated carbocycles. The lowest BCUT2D eigenvalue weighted by Gasteiger charge is -2.16. The molecule has 0 aliphatic rings. The zero-order valence-corrected chi connectivity index (χ0v) is 11.3. The van der Waals surface area contributed by atoms with Crippen molar-refractivity contribution in [2.75, 3.05) is 6.61 Å². The van der Waals surface area contributed by atoms with Crippen molar-refractivity contribution in [1.82, 2.24) is 0 Å². The Morgan fingerprint density at radius 3 is 2.79 bits per heavy atom. The third kappa shape index (κ3) is 3.15. The van der Waals surface area contributed by atoms with Gasteiger partial charge in [-0.25, -0.2) is 0 Å². The summed E-state index contributed by atoms with van der Waals surface area (Å²) in [6, 6.07) is 12.0. The number of ether oxygens (including phenoxy) is 1. The van der Waals surface area contributed by atoms with Gasteiger partial charge in [-0.1, -0.05) is 42.5 Å². The zero-order valence-electron chi connectivity index (χ0n) is 11.3. The van der Waals surface area contributed by atoms with Crippen molar-refractivity contribution in [2.45, 2.75) is 25.9 Å². The minimum absolute atomic E-state index is 0.529. The molecule has 1 atom stereocenters. The molecule has 0 amide bonds. The summed E-state index contributed by atoms with van der Waals surface area (Å²) < 4.78 is 5.91. The van der Waals surface area contributed by atoms with E-state index in [1.807, 2.05) is 36.4 Å². The number of benzene rings is 2. The summed E-state index contributed by atoms with van der Waals surface area (Å²) in [6.45, 7) is 6.11. The van der Waals surface area contributed by atoms with Crippen LogP contribution in [0.15, 0.2) is 49.1 Å². The molecule has 0 aliphatic heterocycles. The number of fused-ring (bicyclic) bond motifs is 1. The first-order valence-electron chi connectivity index (χ1n) is 6.67. The van der Waals surface area contributed by atoms with Crippen LogP contribution in [0.3, 0.4) is 0 Å². The maximum atomic E-state index is 9.87. The van der Waals surface area contributed by atoms with Gasteiger partial charge in [-0.05, 0) is 25.2 Å². The molecule has 0 spiro atoms. The Kier molecular flexibility index (Phi) is 4.58. The fraction of sp³-hybridized carbons (Fsp3) is 0.294. The second kappa shape index (κ2) is 6.39. The van der Waals surface area contributed by atoms with E-state index in [0.717, 1.165) is 34.9 Å². The van der Waals surface area contributed by atoms with Gasteiger partial charge in [-0.2, -0.15) is 0 Å². The van der Waals surface area contributed by atoms with Crippen LogP contribution in [0.1, 0.15) is 31.4 Å². The number of unbranched alkanes of at least 4 members (excludes halogenated alkanes) is 1. The standard InChI is InChI=1S/C17H20O2/c1-3-4-7-12-19-17-15(13(2)18)11-10-14-8-5-6-9-16(14)17/h3,5-6,8-11,13,18H,1,4,7,12H2,2H3/t13-/m1/s1. The quantitative estimate of drug-likeness (QED) is 0.619. The average Bonchev–Trinajstić information content (AvgIpc) is 2.43. The van der Waals surface area contributed by atoms with E-state index in [9.17, 15) is 5.11 Å². The smallest absolute Gasteiger partial charge is 0.132 e. The van der Waals surface area contributed by atoms with E-state index in [1.165, 1.54) is 0 Å². The van der Waals surface area contributed by atoms with Crippen molar-refractivity contribution in [1.29, 1.82) is 0 Å². The van der Waals surface area contributed by atoms with Crippen molar-refractivity contribution in [3.05, 3.63) is 54.6 Å². The summed E-state index contributed by atoms with van der Waals surface area (Å²) in [5.74, 6) is 0.803. The number of aliphatic hydroxyl groups is 1. The summed E-state index contributed by atoms with van der Waals surface area (Å²) in [5.41, 5.74) is 0.845. The van der Waals surface area contributed by atoms with Gasteiger partial charge in [0, 0.05) is 10.9 Å². The van der Waals surface area contributed by atoms with Gasteiger partial charge in [0.25, 0.3) is 0 Å². The Bertz CT molecular complexity index is 558. The van der Waals surface area contributed by atoms with E-state index >= 15 is 0 Å². The Labute approximate surface area is 114 Å². The molecule has 0 aliphatic carbocycles. The Hall–Kier alpha value is -1.80. The molecule has 100 valence electrons. The molecular weight excluding hydrogens is 236 g/mol. The molecule has 0 fully saturated rings. The second-order valence-corrected chi connectivity index (χ2v) is 4.66. The first kappa shape index (κ1) is 13.6. The topological polar surface area (TPSA) is 29.5 Å². The zero-order chi connectivity index (χ0) is 13.7. The molecule has 2 rings (SSSR count). The van der Waals surface area contributed by atoms with Crippen molar-refractivity contribution >= 4 is 10.8 Å². The molecule has 2 aromatic carbocycles. The van der Waals surface area contributed by atoms with E-state index in [4.69, 9.17) is 4.74 Å². The molecule has 19 heavy (non-hydrogen) atoms. The summed E-state index contributed by atoms with van der Waals surface area (Å²) in [4.78, 5) is 0. The van der Waals surface area contributed by atoms with Crippen molar-refractivity contribution in [3.63, 3.8) is 0 Å². The Balaban J connectivity index is 2.35. The van der Waals surface area contributed by atoms with Crippen LogP contribution in [0, 0.1) is 0 Å². The molecule has 0 bridgehead atoms. The third-order valence-electron chi connectivity index (χ3n) is 3.16. The third-order valence-corrected chi connectivity index (χ3v) is 3.16. The van der Waals surface area contributed by atoms with Crippen LogP contribution in [-0.4, -0.2) is 11.7 Å². The lowest BCUT2D eigenvalue weighted by atomic mass is 10.0.